The van der Waals surface area contributed by atoms with Gasteiger partial charge >= 0.3 is 0 Å². The molecule has 0 saturated heterocycles. The van der Waals surface area contributed by atoms with Gasteiger partial charge < -0.3 is 9.53 Å². The van der Waals surface area contributed by atoms with Gasteiger partial charge in [-0.15, -0.1) is 0 Å². The van der Waals surface area contributed by atoms with E-state index >= 15 is 0 Å². The van der Waals surface area contributed by atoms with E-state index < -0.39 is 5.41 Å². The first-order chi connectivity index (χ1) is 10.1. The van der Waals surface area contributed by atoms with Crippen molar-refractivity contribution in [2.24, 2.45) is 0 Å². The smallest absolute Gasteiger partial charge is 0.130 e. The molecule has 0 amide bonds. The van der Waals surface area contributed by atoms with Crippen LogP contribution >= 0.6 is 0 Å². The summed E-state index contributed by atoms with van der Waals surface area (Å²) < 4.78 is 18.8. The zero-order valence-corrected chi connectivity index (χ0v) is 12.3. The standard InChI is InChI=1S/C18H19FO2/c1-3-21-17-9-7-14(8-10-17)12-18(2,13-20)15-5-4-6-16(19)11-15/h4-11,13H,3,12H2,1-2H3. The van der Waals surface area contributed by atoms with Gasteiger partial charge in [0.05, 0.1) is 12.0 Å². The number of carbonyl (C=O) groups is 1. The van der Waals surface area contributed by atoms with Crippen LogP contribution in [0, 0.1) is 5.82 Å². The molecule has 2 aromatic rings. The Morgan fingerprint density at radius 2 is 1.90 bits per heavy atom. The van der Waals surface area contributed by atoms with E-state index in [1.165, 1.54) is 12.1 Å². The molecule has 0 aliphatic carbocycles. The lowest BCUT2D eigenvalue weighted by Crippen LogP contribution is -2.27. The second kappa shape index (κ2) is 6.53. The summed E-state index contributed by atoms with van der Waals surface area (Å²) in [5.74, 6) is 0.479. The van der Waals surface area contributed by atoms with Crippen LogP contribution < -0.4 is 4.74 Å². The van der Waals surface area contributed by atoms with E-state index in [0.29, 0.717) is 18.6 Å². The van der Waals surface area contributed by atoms with Gasteiger partial charge in [-0.05, 0) is 55.7 Å². The SMILES string of the molecule is CCOc1ccc(CC(C)(C=O)c2cccc(F)c2)cc1. The summed E-state index contributed by atoms with van der Waals surface area (Å²) in [6.45, 7) is 4.38. The summed E-state index contributed by atoms with van der Waals surface area (Å²) in [5, 5.41) is 0. The third-order valence-electron chi connectivity index (χ3n) is 3.55. The number of aldehydes is 1. The summed E-state index contributed by atoms with van der Waals surface area (Å²) in [6.07, 6.45) is 1.41. The number of ether oxygens (including phenoxy) is 1. The molecule has 0 aliphatic rings. The van der Waals surface area contributed by atoms with Gasteiger partial charge in [-0.1, -0.05) is 24.3 Å². The minimum atomic E-state index is -0.741. The predicted molar refractivity (Wildman–Crippen MR) is 81.1 cm³/mol. The lowest BCUT2D eigenvalue weighted by atomic mass is 9.78. The van der Waals surface area contributed by atoms with E-state index in [4.69, 9.17) is 4.74 Å². The molecule has 2 aromatic carbocycles. The quantitative estimate of drug-likeness (QED) is 0.752. The molecule has 0 aliphatic heterocycles. The molecular weight excluding hydrogens is 267 g/mol. The predicted octanol–water partition coefficient (Wildman–Crippen LogP) is 3.92. The number of carbonyl (C=O) groups excluding carboxylic acids is 1. The molecule has 0 fully saturated rings. The van der Waals surface area contributed by atoms with Crippen molar-refractivity contribution in [3.05, 3.63) is 65.5 Å². The van der Waals surface area contributed by atoms with Gasteiger partial charge in [0.1, 0.15) is 17.9 Å². The van der Waals surface area contributed by atoms with Crippen LogP contribution in [0.3, 0.4) is 0 Å². The fourth-order valence-electron chi connectivity index (χ4n) is 2.35. The van der Waals surface area contributed by atoms with Gasteiger partial charge in [0.25, 0.3) is 0 Å². The van der Waals surface area contributed by atoms with E-state index in [2.05, 4.69) is 0 Å². The fourth-order valence-corrected chi connectivity index (χ4v) is 2.35. The highest BCUT2D eigenvalue weighted by atomic mass is 19.1. The highest BCUT2D eigenvalue weighted by Gasteiger charge is 2.27. The molecule has 1 unspecified atom stereocenters. The average Bonchev–Trinajstić information content (AvgIpc) is 2.49. The summed E-state index contributed by atoms with van der Waals surface area (Å²) in [6, 6.07) is 13.9. The second-order valence-electron chi connectivity index (χ2n) is 5.30. The van der Waals surface area contributed by atoms with Crippen LogP contribution in [-0.2, 0) is 16.6 Å². The van der Waals surface area contributed by atoms with E-state index in [0.717, 1.165) is 17.6 Å². The van der Waals surface area contributed by atoms with Crippen molar-refractivity contribution >= 4 is 6.29 Å². The molecule has 0 aromatic heterocycles. The molecule has 110 valence electrons. The Bertz CT molecular complexity index is 607. The molecule has 0 N–H and O–H groups in total. The number of halogens is 1. The lowest BCUT2D eigenvalue weighted by molar-refractivity contribution is -0.112. The minimum Gasteiger partial charge on any atom is -0.494 e. The average molecular weight is 286 g/mol. The number of benzene rings is 2. The van der Waals surface area contributed by atoms with Crippen molar-refractivity contribution in [2.45, 2.75) is 25.7 Å². The summed E-state index contributed by atoms with van der Waals surface area (Å²) in [5.41, 5.74) is 0.957. The Labute approximate surface area is 124 Å². The van der Waals surface area contributed by atoms with Crippen molar-refractivity contribution in [3.8, 4) is 5.75 Å². The molecule has 0 bridgehead atoms. The fraction of sp³-hybridized carbons (Fsp3) is 0.278. The van der Waals surface area contributed by atoms with Crippen LogP contribution in [0.1, 0.15) is 25.0 Å². The largest absolute Gasteiger partial charge is 0.494 e. The number of hydrogen-bond acceptors (Lipinski definition) is 2. The van der Waals surface area contributed by atoms with E-state index in [1.54, 1.807) is 12.1 Å². The van der Waals surface area contributed by atoms with Crippen LogP contribution in [0.25, 0.3) is 0 Å². The Kier molecular flexibility index (Phi) is 4.73. The van der Waals surface area contributed by atoms with Crippen LogP contribution in [0.4, 0.5) is 4.39 Å². The molecule has 0 radical (unpaired) electrons. The van der Waals surface area contributed by atoms with Gasteiger partial charge in [0, 0.05) is 0 Å². The van der Waals surface area contributed by atoms with Gasteiger partial charge in [0.15, 0.2) is 0 Å². The first kappa shape index (κ1) is 15.2. The third-order valence-corrected chi connectivity index (χ3v) is 3.55. The first-order valence-electron chi connectivity index (χ1n) is 7.01. The molecule has 2 nitrogen and oxygen atoms in total. The van der Waals surface area contributed by atoms with Crippen LogP contribution in [-0.4, -0.2) is 12.9 Å². The van der Waals surface area contributed by atoms with Gasteiger partial charge in [0.2, 0.25) is 0 Å². The minimum absolute atomic E-state index is 0.327. The molecule has 2 rings (SSSR count). The van der Waals surface area contributed by atoms with Gasteiger partial charge in [-0.25, -0.2) is 4.39 Å². The van der Waals surface area contributed by atoms with Gasteiger partial charge in [-0.2, -0.15) is 0 Å². The first-order valence-corrected chi connectivity index (χ1v) is 7.01. The van der Waals surface area contributed by atoms with E-state index in [-0.39, 0.29) is 5.82 Å². The van der Waals surface area contributed by atoms with Crippen molar-refractivity contribution in [2.75, 3.05) is 6.61 Å². The van der Waals surface area contributed by atoms with Crippen molar-refractivity contribution in [3.63, 3.8) is 0 Å². The highest BCUT2D eigenvalue weighted by Crippen LogP contribution is 2.27. The van der Waals surface area contributed by atoms with Crippen molar-refractivity contribution < 1.29 is 13.9 Å². The monoisotopic (exact) mass is 286 g/mol. The van der Waals surface area contributed by atoms with E-state index in [1.807, 2.05) is 38.1 Å². The summed E-state index contributed by atoms with van der Waals surface area (Å²) >= 11 is 0. The highest BCUT2D eigenvalue weighted by molar-refractivity contribution is 5.68. The Hall–Kier alpha value is -2.16. The normalized spacial score (nSPS) is 13.5. The molecule has 0 heterocycles. The maximum absolute atomic E-state index is 13.4. The Balaban J connectivity index is 2.23. The van der Waals surface area contributed by atoms with Crippen molar-refractivity contribution in [1.29, 1.82) is 0 Å². The van der Waals surface area contributed by atoms with Crippen molar-refractivity contribution in [1.82, 2.24) is 0 Å². The zero-order valence-electron chi connectivity index (χ0n) is 12.3. The molecule has 0 saturated carbocycles. The number of hydrogen-bond donors (Lipinski definition) is 0. The number of rotatable bonds is 6. The Morgan fingerprint density at radius 1 is 1.19 bits per heavy atom. The molecule has 3 heteroatoms. The maximum atomic E-state index is 13.4. The maximum Gasteiger partial charge on any atom is 0.130 e. The summed E-state index contributed by atoms with van der Waals surface area (Å²) in [7, 11) is 0. The zero-order chi connectivity index (χ0) is 15.3. The Morgan fingerprint density at radius 3 is 2.48 bits per heavy atom. The van der Waals surface area contributed by atoms with Crippen LogP contribution in [0.2, 0.25) is 0 Å². The van der Waals surface area contributed by atoms with E-state index in [9.17, 15) is 9.18 Å². The molecule has 1 atom stereocenters. The summed E-state index contributed by atoms with van der Waals surface area (Å²) in [4.78, 5) is 11.6. The van der Waals surface area contributed by atoms with Crippen LogP contribution in [0.5, 0.6) is 5.75 Å². The topological polar surface area (TPSA) is 26.3 Å². The lowest BCUT2D eigenvalue weighted by Gasteiger charge is -2.24. The van der Waals surface area contributed by atoms with Gasteiger partial charge in [-0.3, -0.25) is 0 Å². The third kappa shape index (κ3) is 3.69. The molecule has 21 heavy (non-hydrogen) atoms. The van der Waals surface area contributed by atoms with Crippen LogP contribution in [0.15, 0.2) is 48.5 Å². The second-order valence-corrected chi connectivity index (χ2v) is 5.30. The molecule has 0 spiro atoms. The molecular formula is C18H19FO2.